The van der Waals surface area contributed by atoms with Crippen molar-refractivity contribution >= 4 is 28.8 Å². The number of thiophene rings is 1. The molecule has 1 fully saturated rings. The van der Waals surface area contributed by atoms with Crippen LogP contribution in [0.15, 0.2) is 66.0 Å². The van der Waals surface area contributed by atoms with Gasteiger partial charge in [0.15, 0.2) is 0 Å². The molecule has 0 unspecified atom stereocenters. The summed E-state index contributed by atoms with van der Waals surface area (Å²) in [6.45, 7) is 5.79. The van der Waals surface area contributed by atoms with Crippen molar-refractivity contribution in [1.82, 2.24) is 15.1 Å². The molecule has 4 rings (SSSR count). The summed E-state index contributed by atoms with van der Waals surface area (Å²) in [5.74, 6) is -0.278. The Morgan fingerprint density at radius 1 is 0.906 bits per heavy atom. The van der Waals surface area contributed by atoms with E-state index in [4.69, 9.17) is 0 Å². The van der Waals surface area contributed by atoms with E-state index >= 15 is 0 Å². The van der Waals surface area contributed by atoms with E-state index in [0.717, 1.165) is 38.3 Å². The highest BCUT2D eigenvalue weighted by Crippen LogP contribution is 2.15. The molecule has 166 valence electrons. The van der Waals surface area contributed by atoms with Gasteiger partial charge < -0.3 is 15.5 Å². The maximum absolute atomic E-state index is 12.6. The molecule has 3 aromatic rings. The Balaban J connectivity index is 1.28. The summed E-state index contributed by atoms with van der Waals surface area (Å²) in [7, 11) is 2.16. The first-order chi connectivity index (χ1) is 15.6. The number of hydrogen-bond donors (Lipinski definition) is 2. The van der Waals surface area contributed by atoms with Gasteiger partial charge in [-0.25, -0.2) is 0 Å². The Labute approximate surface area is 192 Å². The van der Waals surface area contributed by atoms with Crippen molar-refractivity contribution in [1.29, 1.82) is 0 Å². The zero-order valence-electron chi connectivity index (χ0n) is 18.2. The third-order valence-electron chi connectivity index (χ3n) is 5.60. The lowest BCUT2D eigenvalue weighted by atomic mass is 10.1. The van der Waals surface area contributed by atoms with Crippen LogP contribution in [-0.4, -0.2) is 54.8 Å². The van der Waals surface area contributed by atoms with Gasteiger partial charge in [-0.2, -0.15) is 0 Å². The second-order valence-corrected chi connectivity index (χ2v) is 9.04. The molecule has 2 aromatic carbocycles. The largest absolute Gasteiger partial charge is 0.348 e. The van der Waals surface area contributed by atoms with Gasteiger partial charge in [0.25, 0.3) is 11.8 Å². The Bertz CT molecular complexity index is 1040. The first-order valence-corrected chi connectivity index (χ1v) is 11.7. The number of nitrogens with zero attached hydrogens (tertiary/aromatic N) is 2. The summed E-state index contributed by atoms with van der Waals surface area (Å²) < 4.78 is 0. The topological polar surface area (TPSA) is 64.7 Å². The standard InChI is InChI=1S/C25H28N4O2S/c1-28-11-13-29(14-12-28)18-20-5-2-4-19(16-20)17-26-24(30)21-7-9-22(10-8-21)27-25(31)23-6-3-15-32-23/h2-10,15-16H,11-14,17-18H2,1H3,(H,26,30)(H,27,31). The molecule has 7 heteroatoms. The van der Waals surface area contributed by atoms with Crippen LogP contribution in [0.4, 0.5) is 5.69 Å². The highest BCUT2D eigenvalue weighted by molar-refractivity contribution is 7.12. The summed E-state index contributed by atoms with van der Waals surface area (Å²) in [6.07, 6.45) is 0. The van der Waals surface area contributed by atoms with E-state index in [9.17, 15) is 9.59 Å². The fraction of sp³-hybridized carbons (Fsp3) is 0.280. The number of anilines is 1. The molecule has 1 saturated heterocycles. The average Bonchev–Trinajstić information content (AvgIpc) is 3.35. The third kappa shape index (κ3) is 6.03. The number of carbonyl (C=O) groups is 2. The molecule has 0 atom stereocenters. The normalized spacial score (nSPS) is 14.8. The highest BCUT2D eigenvalue weighted by Gasteiger charge is 2.14. The van der Waals surface area contributed by atoms with Gasteiger partial charge in [-0.15, -0.1) is 11.3 Å². The molecule has 0 bridgehead atoms. The number of carbonyl (C=O) groups excluding carboxylic acids is 2. The van der Waals surface area contributed by atoms with Crippen LogP contribution in [0.5, 0.6) is 0 Å². The second-order valence-electron chi connectivity index (χ2n) is 8.09. The molecule has 2 heterocycles. The van der Waals surface area contributed by atoms with Crippen molar-refractivity contribution in [3.05, 3.63) is 87.6 Å². The van der Waals surface area contributed by atoms with E-state index in [2.05, 4.69) is 45.7 Å². The molecular weight excluding hydrogens is 420 g/mol. The average molecular weight is 449 g/mol. The minimum Gasteiger partial charge on any atom is -0.348 e. The zero-order chi connectivity index (χ0) is 22.3. The van der Waals surface area contributed by atoms with E-state index in [-0.39, 0.29) is 11.8 Å². The molecular formula is C25H28N4O2S. The SMILES string of the molecule is CN1CCN(Cc2cccc(CNC(=O)c3ccc(NC(=O)c4cccs4)cc3)c2)CC1. The third-order valence-corrected chi connectivity index (χ3v) is 6.47. The highest BCUT2D eigenvalue weighted by atomic mass is 32.1. The maximum atomic E-state index is 12.6. The molecule has 1 aliphatic rings. The van der Waals surface area contributed by atoms with Crippen molar-refractivity contribution in [3.8, 4) is 0 Å². The number of rotatable bonds is 7. The van der Waals surface area contributed by atoms with Gasteiger partial charge in [-0.1, -0.05) is 30.3 Å². The summed E-state index contributed by atoms with van der Waals surface area (Å²) >= 11 is 1.39. The number of amides is 2. The van der Waals surface area contributed by atoms with Gasteiger partial charge in [0.05, 0.1) is 4.88 Å². The Kier molecular flexibility index (Phi) is 7.32. The lowest BCUT2D eigenvalue weighted by molar-refractivity contribution is 0.0950. The molecule has 1 aliphatic heterocycles. The van der Waals surface area contributed by atoms with Crippen LogP contribution in [0.25, 0.3) is 0 Å². The van der Waals surface area contributed by atoms with Crippen molar-refractivity contribution in [3.63, 3.8) is 0 Å². The molecule has 2 amide bonds. The van der Waals surface area contributed by atoms with Crippen LogP contribution in [0.1, 0.15) is 31.2 Å². The molecule has 0 radical (unpaired) electrons. The molecule has 0 spiro atoms. The number of hydrogen-bond acceptors (Lipinski definition) is 5. The van der Waals surface area contributed by atoms with E-state index in [1.165, 1.54) is 16.9 Å². The number of likely N-dealkylation sites (N-methyl/N-ethyl adjacent to an activating group) is 1. The number of nitrogens with one attached hydrogen (secondary N) is 2. The molecule has 6 nitrogen and oxygen atoms in total. The van der Waals surface area contributed by atoms with E-state index in [0.29, 0.717) is 22.7 Å². The van der Waals surface area contributed by atoms with Gasteiger partial charge in [0.1, 0.15) is 0 Å². The van der Waals surface area contributed by atoms with E-state index in [1.54, 1.807) is 30.3 Å². The van der Waals surface area contributed by atoms with Crippen LogP contribution in [-0.2, 0) is 13.1 Å². The predicted octanol–water partition coefficient (Wildman–Crippen LogP) is 3.68. The molecule has 2 N–H and O–H groups in total. The number of piperazine rings is 1. The lowest BCUT2D eigenvalue weighted by Crippen LogP contribution is -2.43. The minimum absolute atomic E-state index is 0.134. The van der Waals surface area contributed by atoms with E-state index in [1.807, 2.05) is 17.5 Å². The van der Waals surface area contributed by atoms with Gasteiger partial charge in [0.2, 0.25) is 0 Å². The minimum atomic E-state index is -0.145. The zero-order valence-corrected chi connectivity index (χ0v) is 19.0. The predicted molar refractivity (Wildman–Crippen MR) is 129 cm³/mol. The lowest BCUT2D eigenvalue weighted by Gasteiger charge is -2.32. The van der Waals surface area contributed by atoms with Crippen LogP contribution in [0, 0.1) is 0 Å². The summed E-state index contributed by atoms with van der Waals surface area (Å²) in [6, 6.07) is 19.0. The van der Waals surface area contributed by atoms with Crippen LogP contribution in [0.3, 0.4) is 0 Å². The second kappa shape index (κ2) is 10.5. The first-order valence-electron chi connectivity index (χ1n) is 10.8. The smallest absolute Gasteiger partial charge is 0.265 e. The quantitative estimate of drug-likeness (QED) is 0.579. The number of benzene rings is 2. The Morgan fingerprint density at radius 3 is 2.38 bits per heavy atom. The Morgan fingerprint density at radius 2 is 1.66 bits per heavy atom. The van der Waals surface area contributed by atoms with Gasteiger partial charge in [0, 0.05) is 50.5 Å². The molecule has 32 heavy (non-hydrogen) atoms. The Hall–Kier alpha value is -3.00. The van der Waals surface area contributed by atoms with Crippen LogP contribution >= 0.6 is 11.3 Å². The van der Waals surface area contributed by atoms with Gasteiger partial charge >= 0.3 is 0 Å². The monoisotopic (exact) mass is 448 g/mol. The molecule has 1 aromatic heterocycles. The van der Waals surface area contributed by atoms with Crippen molar-refractivity contribution in [2.45, 2.75) is 13.1 Å². The van der Waals surface area contributed by atoms with Crippen LogP contribution in [0.2, 0.25) is 0 Å². The van der Waals surface area contributed by atoms with Crippen molar-refractivity contribution < 1.29 is 9.59 Å². The summed E-state index contributed by atoms with van der Waals surface area (Å²) in [5.41, 5.74) is 3.58. The summed E-state index contributed by atoms with van der Waals surface area (Å²) in [4.78, 5) is 30.2. The van der Waals surface area contributed by atoms with Crippen LogP contribution < -0.4 is 10.6 Å². The van der Waals surface area contributed by atoms with E-state index < -0.39 is 0 Å². The van der Waals surface area contributed by atoms with Crippen molar-refractivity contribution in [2.24, 2.45) is 0 Å². The first kappa shape index (κ1) is 22.2. The fourth-order valence-electron chi connectivity index (χ4n) is 3.69. The van der Waals surface area contributed by atoms with Gasteiger partial charge in [-0.05, 0) is 53.9 Å². The molecule has 0 aliphatic carbocycles. The summed E-state index contributed by atoms with van der Waals surface area (Å²) in [5, 5.41) is 7.70. The molecule has 0 saturated carbocycles. The fourth-order valence-corrected chi connectivity index (χ4v) is 4.31. The van der Waals surface area contributed by atoms with Crippen molar-refractivity contribution in [2.75, 3.05) is 38.5 Å². The maximum Gasteiger partial charge on any atom is 0.265 e. The van der Waals surface area contributed by atoms with Gasteiger partial charge in [-0.3, -0.25) is 14.5 Å².